The van der Waals surface area contributed by atoms with Gasteiger partial charge in [-0.3, -0.25) is 9.69 Å². The van der Waals surface area contributed by atoms with Crippen molar-refractivity contribution in [2.45, 2.75) is 11.4 Å². The Morgan fingerprint density at radius 3 is 2.66 bits per heavy atom. The minimum Gasteiger partial charge on any atom is -0.472 e. The number of furan rings is 1. The summed E-state index contributed by atoms with van der Waals surface area (Å²) in [5, 5.41) is 3.99. The summed E-state index contributed by atoms with van der Waals surface area (Å²) in [7, 11) is -3.35. The molecule has 3 heterocycles. The van der Waals surface area contributed by atoms with E-state index < -0.39 is 9.84 Å². The first-order valence-corrected chi connectivity index (χ1v) is 11.0. The van der Waals surface area contributed by atoms with E-state index in [4.69, 9.17) is 8.94 Å². The summed E-state index contributed by atoms with van der Waals surface area (Å²) < 4.78 is 33.7. The minimum atomic E-state index is -3.35. The molecule has 4 rings (SSSR count). The summed E-state index contributed by atoms with van der Waals surface area (Å²) in [5.74, 6) is 0.812. The first-order valence-electron chi connectivity index (χ1n) is 9.07. The van der Waals surface area contributed by atoms with E-state index >= 15 is 0 Å². The Morgan fingerprint density at radius 2 is 1.97 bits per heavy atom. The Balaban J connectivity index is 1.35. The van der Waals surface area contributed by atoms with Gasteiger partial charge in [0.2, 0.25) is 0 Å². The van der Waals surface area contributed by atoms with E-state index in [2.05, 4.69) is 15.0 Å². The molecule has 2 aromatic heterocycles. The van der Waals surface area contributed by atoms with Crippen molar-refractivity contribution in [2.24, 2.45) is 0 Å². The quantitative estimate of drug-likeness (QED) is 0.618. The van der Waals surface area contributed by atoms with Gasteiger partial charge < -0.3 is 13.8 Å². The molecule has 0 radical (unpaired) electrons. The fourth-order valence-corrected chi connectivity index (χ4v) is 3.84. The van der Waals surface area contributed by atoms with Crippen molar-refractivity contribution in [3.8, 4) is 11.5 Å². The van der Waals surface area contributed by atoms with E-state index in [1.54, 1.807) is 35.6 Å². The second kappa shape index (κ2) is 7.80. The van der Waals surface area contributed by atoms with Crippen molar-refractivity contribution in [3.63, 3.8) is 0 Å². The van der Waals surface area contributed by atoms with Gasteiger partial charge in [0.05, 0.1) is 23.3 Å². The fraction of sp³-hybridized carbons (Fsp3) is 0.316. The van der Waals surface area contributed by atoms with E-state index in [9.17, 15) is 13.2 Å². The van der Waals surface area contributed by atoms with Crippen LogP contribution in [0.2, 0.25) is 0 Å². The van der Waals surface area contributed by atoms with Gasteiger partial charge in [0.1, 0.15) is 6.26 Å². The molecule has 152 valence electrons. The average Bonchev–Trinajstić information content (AvgIpc) is 3.39. The van der Waals surface area contributed by atoms with Crippen LogP contribution in [0.4, 0.5) is 0 Å². The van der Waals surface area contributed by atoms with Crippen LogP contribution in [0, 0.1) is 0 Å². The van der Waals surface area contributed by atoms with Crippen LogP contribution in [0.5, 0.6) is 0 Å². The lowest BCUT2D eigenvalue weighted by Crippen LogP contribution is -2.48. The molecule has 0 N–H and O–H groups in total. The Labute approximate surface area is 167 Å². The van der Waals surface area contributed by atoms with Crippen LogP contribution in [0.25, 0.3) is 11.5 Å². The Bertz CT molecular complexity index is 1100. The summed E-state index contributed by atoms with van der Waals surface area (Å²) >= 11 is 0. The van der Waals surface area contributed by atoms with E-state index in [1.807, 2.05) is 0 Å². The Hall–Kier alpha value is -2.98. The lowest BCUT2D eigenvalue weighted by Gasteiger charge is -2.34. The zero-order chi connectivity index (χ0) is 20.4. The molecule has 1 aliphatic rings. The molecule has 0 saturated carbocycles. The number of hydrogen-bond donors (Lipinski definition) is 0. The van der Waals surface area contributed by atoms with Crippen LogP contribution in [0.1, 0.15) is 16.2 Å². The molecule has 1 saturated heterocycles. The van der Waals surface area contributed by atoms with Crippen LogP contribution in [-0.2, 0) is 16.4 Å². The molecule has 1 aromatic carbocycles. The van der Waals surface area contributed by atoms with Crippen LogP contribution < -0.4 is 0 Å². The molecule has 0 bridgehead atoms. The smallest absolute Gasteiger partial charge is 0.261 e. The van der Waals surface area contributed by atoms with Gasteiger partial charge in [0.25, 0.3) is 11.8 Å². The summed E-state index contributed by atoms with van der Waals surface area (Å²) in [6.45, 7) is 2.91. The molecule has 3 aromatic rings. The fourth-order valence-electron chi connectivity index (χ4n) is 3.17. The molecule has 29 heavy (non-hydrogen) atoms. The van der Waals surface area contributed by atoms with E-state index in [0.717, 1.165) is 11.8 Å². The largest absolute Gasteiger partial charge is 0.472 e. The Kier molecular flexibility index (Phi) is 5.20. The van der Waals surface area contributed by atoms with E-state index in [-0.39, 0.29) is 10.8 Å². The lowest BCUT2D eigenvalue weighted by atomic mass is 10.2. The molecular weight excluding hydrogens is 396 g/mol. The molecule has 1 amide bonds. The topological polar surface area (TPSA) is 110 Å². The third-order valence-electron chi connectivity index (χ3n) is 4.77. The monoisotopic (exact) mass is 416 g/mol. The van der Waals surface area contributed by atoms with E-state index in [1.165, 1.54) is 12.1 Å². The number of carbonyl (C=O) groups is 1. The average molecular weight is 416 g/mol. The van der Waals surface area contributed by atoms with Crippen molar-refractivity contribution in [1.82, 2.24) is 19.9 Å². The van der Waals surface area contributed by atoms with Crippen LogP contribution in [0.15, 0.2) is 56.7 Å². The number of carbonyl (C=O) groups excluding carboxylic acids is 1. The maximum absolute atomic E-state index is 12.7. The maximum Gasteiger partial charge on any atom is 0.261 e. The van der Waals surface area contributed by atoms with Gasteiger partial charge >= 0.3 is 0 Å². The van der Waals surface area contributed by atoms with Gasteiger partial charge in [-0.05, 0) is 24.3 Å². The van der Waals surface area contributed by atoms with Gasteiger partial charge in [-0.15, -0.1) is 0 Å². The van der Waals surface area contributed by atoms with Gasteiger partial charge in [-0.2, -0.15) is 4.98 Å². The van der Waals surface area contributed by atoms with Gasteiger partial charge in [0.15, 0.2) is 15.7 Å². The lowest BCUT2D eigenvalue weighted by molar-refractivity contribution is 0.0624. The highest BCUT2D eigenvalue weighted by Crippen LogP contribution is 2.18. The highest BCUT2D eigenvalue weighted by molar-refractivity contribution is 7.90. The van der Waals surface area contributed by atoms with Crippen LogP contribution in [-0.4, -0.2) is 66.7 Å². The van der Waals surface area contributed by atoms with E-state index in [0.29, 0.717) is 50.0 Å². The third-order valence-corrected chi connectivity index (χ3v) is 5.88. The zero-order valence-electron chi connectivity index (χ0n) is 15.8. The molecule has 10 heteroatoms. The Morgan fingerprint density at radius 1 is 1.17 bits per heavy atom. The molecule has 0 atom stereocenters. The number of sulfone groups is 1. The van der Waals surface area contributed by atoms with Crippen molar-refractivity contribution in [2.75, 3.05) is 32.4 Å². The van der Waals surface area contributed by atoms with Crippen molar-refractivity contribution >= 4 is 15.7 Å². The number of rotatable bonds is 5. The number of amides is 1. The standard InChI is InChI=1S/C19H20N4O5S/c1-29(25,26)16-4-2-3-14(11-16)19(24)23-8-6-22(7-9-23)12-17-20-18(28-21-17)15-5-10-27-13-15/h2-5,10-11,13H,6-9,12H2,1H3. The number of nitrogens with zero attached hydrogens (tertiary/aromatic N) is 4. The number of benzene rings is 1. The van der Waals surface area contributed by atoms with Gasteiger partial charge in [-0.1, -0.05) is 11.2 Å². The SMILES string of the molecule is CS(=O)(=O)c1cccc(C(=O)N2CCN(Cc3noc(-c4ccoc4)n3)CC2)c1. The molecule has 0 aliphatic carbocycles. The molecule has 0 unspecified atom stereocenters. The summed E-state index contributed by atoms with van der Waals surface area (Å²) in [6.07, 6.45) is 4.22. The second-order valence-corrected chi connectivity index (χ2v) is 8.91. The highest BCUT2D eigenvalue weighted by Gasteiger charge is 2.24. The van der Waals surface area contributed by atoms with Crippen molar-refractivity contribution in [3.05, 3.63) is 54.2 Å². The van der Waals surface area contributed by atoms with Gasteiger partial charge in [-0.25, -0.2) is 8.42 Å². The van der Waals surface area contributed by atoms with Gasteiger partial charge in [0, 0.05) is 38.0 Å². The highest BCUT2D eigenvalue weighted by atomic mass is 32.2. The molecule has 1 aliphatic heterocycles. The van der Waals surface area contributed by atoms with Crippen molar-refractivity contribution < 1.29 is 22.2 Å². The molecule has 1 fully saturated rings. The summed E-state index contributed by atoms with van der Waals surface area (Å²) in [4.78, 5) is 21.1. The maximum atomic E-state index is 12.7. The summed E-state index contributed by atoms with van der Waals surface area (Å²) in [5.41, 5.74) is 1.11. The second-order valence-electron chi connectivity index (χ2n) is 6.90. The predicted molar refractivity (Wildman–Crippen MR) is 103 cm³/mol. The van der Waals surface area contributed by atoms with Crippen LogP contribution >= 0.6 is 0 Å². The van der Waals surface area contributed by atoms with Crippen molar-refractivity contribution in [1.29, 1.82) is 0 Å². The number of aromatic nitrogens is 2. The van der Waals surface area contributed by atoms with Crippen LogP contribution in [0.3, 0.4) is 0 Å². The molecule has 9 nitrogen and oxygen atoms in total. The minimum absolute atomic E-state index is 0.146. The molecule has 0 spiro atoms. The number of piperazine rings is 1. The zero-order valence-corrected chi connectivity index (χ0v) is 16.6. The first kappa shape index (κ1) is 19.3. The third kappa shape index (κ3) is 4.38. The normalized spacial score (nSPS) is 15.6. The number of hydrogen-bond acceptors (Lipinski definition) is 8. The first-order chi connectivity index (χ1) is 13.9. The molecular formula is C19H20N4O5S. The predicted octanol–water partition coefficient (Wildman–Crippen LogP) is 1.69. The summed E-state index contributed by atoms with van der Waals surface area (Å²) in [6, 6.07) is 7.90.